The van der Waals surface area contributed by atoms with Crippen molar-refractivity contribution in [2.45, 2.75) is 18.9 Å². The maximum absolute atomic E-state index is 5.71. The Balaban J connectivity index is 2.21. The maximum Gasteiger partial charge on any atom is 0.0490 e. The van der Waals surface area contributed by atoms with E-state index in [2.05, 4.69) is 49.4 Å². The number of hydrogen-bond donors (Lipinski definition) is 2. The largest absolute Gasteiger partial charge is 0.381 e. The topological polar surface area (TPSA) is 47.3 Å². The molecule has 3 N–H and O–H groups in total. The zero-order chi connectivity index (χ0) is 12.3. The van der Waals surface area contributed by atoms with Gasteiger partial charge in [-0.05, 0) is 42.5 Å². The lowest BCUT2D eigenvalue weighted by Gasteiger charge is -2.30. The zero-order valence-corrected chi connectivity index (χ0v) is 12.6. The molecule has 94 valence electrons. The number of benzene rings is 1. The van der Waals surface area contributed by atoms with Gasteiger partial charge in [-0.15, -0.1) is 0 Å². The first kappa shape index (κ1) is 13.5. The fourth-order valence-corrected chi connectivity index (χ4v) is 3.64. The number of nitrogens with one attached hydrogen (secondary N) is 1. The highest BCUT2D eigenvalue weighted by molar-refractivity contribution is 9.11. The summed E-state index contributed by atoms with van der Waals surface area (Å²) < 4.78 is 7.52. The number of hydrogen-bond acceptors (Lipinski definition) is 3. The molecule has 1 heterocycles. The smallest absolute Gasteiger partial charge is 0.0490 e. The Morgan fingerprint density at radius 2 is 1.76 bits per heavy atom. The molecular formula is C12H16Br2N2O. The summed E-state index contributed by atoms with van der Waals surface area (Å²) in [6.07, 6.45) is 2.11. The van der Waals surface area contributed by atoms with Crippen LogP contribution < -0.4 is 11.3 Å². The molecule has 1 saturated heterocycles. The summed E-state index contributed by atoms with van der Waals surface area (Å²) >= 11 is 7.02. The second-order valence-electron chi connectivity index (χ2n) is 4.30. The van der Waals surface area contributed by atoms with E-state index >= 15 is 0 Å². The molecule has 0 spiro atoms. The Morgan fingerprint density at radius 1 is 1.18 bits per heavy atom. The van der Waals surface area contributed by atoms with Crippen LogP contribution in [0.5, 0.6) is 0 Å². The van der Waals surface area contributed by atoms with Gasteiger partial charge in [0.25, 0.3) is 0 Å². The van der Waals surface area contributed by atoms with E-state index in [1.54, 1.807) is 0 Å². The molecule has 1 aromatic carbocycles. The summed E-state index contributed by atoms with van der Waals surface area (Å²) in [4.78, 5) is 0. The van der Waals surface area contributed by atoms with Crippen molar-refractivity contribution < 1.29 is 4.74 Å². The number of hydrazine groups is 1. The lowest BCUT2D eigenvalue weighted by Crippen LogP contribution is -2.36. The predicted molar refractivity (Wildman–Crippen MR) is 75.4 cm³/mol. The molecule has 0 aliphatic carbocycles. The van der Waals surface area contributed by atoms with Gasteiger partial charge in [-0.2, -0.15) is 0 Å². The molecule has 1 aromatic rings. The van der Waals surface area contributed by atoms with Crippen LogP contribution in [0.1, 0.15) is 24.4 Å². The Bertz CT molecular complexity index is 361. The minimum atomic E-state index is 0.188. The van der Waals surface area contributed by atoms with Crippen molar-refractivity contribution >= 4 is 31.9 Å². The van der Waals surface area contributed by atoms with Crippen LogP contribution in [-0.2, 0) is 4.74 Å². The molecule has 1 unspecified atom stereocenters. The van der Waals surface area contributed by atoms with Gasteiger partial charge in [-0.3, -0.25) is 11.3 Å². The molecule has 1 aliphatic heterocycles. The van der Waals surface area contributed by atoms with Crippen molar-refractivity contribution in [2.75, 3.05) is 13.2 Å². The monoisotopic (exact) mass is 362 g/mol. The molecule has 0 saturated carbocycles. The molecule has 1 aliphatic rings. The van der Waals surface area contributed by atoms with Gasteiger partial charge in [0, 0.05) is 28.2 Å². The van der Waals surface area contributed by atoms with Crippen LogP contribution in [-0.4, -0.2) is 13.2 Å². The van der Waals surface area contributed by atoms with Crippen molar-refractivity contribution in [1.29, 1.82) is 0 Å². The summed E-state index contributed by atoms with van der Waals surface area (Å²) in [7, 11) is 0. The highest BCUT2D eigenvalue weighted by atomic mass is 79.9. The Kier molecular flexibility index (Phi) is 4.99. The summed E-state index contributed by atoms with van der Waals surface area (Å²) in [6, 6.07) is 6.45. The first-order chi connectivity index (χ1) is 8.20. The third kappa shape index (κ3) is 3.51. The van der Waals surface area contributed by atoms with Crippen molar-refractivity contribution in [3.05, 3.63) is 32.7 Å². The van der Waals surface area contributed by atoms with Crippen LogP contribution in [0.25, 0.3) is 0 Å². The lowest BCUT2D eigenvalue weighted by atomic mass is 9.87. The quantitative estimate of drug-likeness (QED) is 0.640. The Morgan fingerprint density at radius 3 is 2.29 bits per heavy atom. The predicted octanol–water partition coefficient (Wildman–Crippen LogP) is 3.14. The van der Waals surface area contributed by atoms with E-state index in [4.69, 9.17) is 10.6 Å². The summed E-state index contributed by atoms with van der Waals surface area (Å²) in [6.45, 7) is 1.66. The standard InChI is InChI=1S/C12H16Br2N2O/c13-10-5-9(6-11(14)7-10)12(16-15)8-1-3-17-4-2-8/h5-8,12,16H,1-4,15H2. The lowest BCUT2D eigenvalue weighted by molar-refractivity contribution is 0.0536. The van der Waals surface area contributed by atoms with Gasteiger partial charge in [0.15, 0.2) is 0 Å². The van der Waals surface area contributed by atoms with Crippen molar-refractivity contribution in [3.63, 3.8) is 0 Å². The first-order valence-electron chi connectivity index (χ1n) is 5.70. The summed E-state index contributed by atoms with van der Waals surface area (Å²) in [5.74, 6) is 6.25. The van der Waals surface area contributed by atoms with Crippen LogP contribution >= 0.6 is 31.9 Å². The molecule has 5 heteroatoms. The average molecular weight is 364 g/mol. The van der Waals surface area contributed by atoms with E-state index in [1.165, 1.54) is 5.56 Å². The molecule has 1 atom stereocenters. The molecule has 0 aromatic heterocycles. The second-order valence-corrected chi connectivity index (χ2v) is 6.13. The molecule has 0 radical (unpaired) electrons. The summed E-state index contributed by atoms with van der Waals surface area (Å²) in [5.41, 5.74) is 4.15. The molecular weight excluding hydrogens is 348 g/mol. The molecule has 3 nitrogen and oxygen atoms in total. The van der Waals surface area contributed by atoms with Gasteiger partial charge in [0.2, 0.25) is 0 Å². The summed E-state index contributed by atoms with van der Waals surface area (Å²) in [5, 5.41) is 0. The van der Waals surface area contributed by atoms with Crippen LogP contribution in [0.2, 0.25) is 0 Å². The minimum Gasteiger partial charge on any atom is -0.381 e. The molecule has 17 heavy (non-hydrogen) atoms. The SMILES string of the molecule is NNC(c1cc(Br)cc(Br)c1)C1CCOCC1. The molecule has 2 rings (SSSR count). The van der Waals surface area contributed by atoms with Crippen LogP contribution in [0.4, 0.5) is 0 Å². The zero-order valence-electron chi connectivity index (χ0n) is 9.46. The van der Waals surface area contributed by atoms with E-state index in [0.717, 1.165) is 35.0 Å². The van der Waals surface area contributed by atoms with Crippen molar-refractivity contribution in [3.8, 4) is 0 Å². The molecule has 0 amide bonds. The minimum absolute atomic E-state index is 0.188. The van der Waals surface area contributed by atoms with Gasteiger partial charge < -0.3 is 4.74 Å². The third-order valence-electron chi connectivity index (χ3n) is 3.16. The Hall–Kier alpha value is 0.0600. The number of halogens is 2. The highest BCUT2D eigenvalue weighted by Gasteiger charge is 2.24. The van der Waals surface area contributed by atoms with E-state index in [-0.39, 0.29) is 6.04 Å². The number of ether oxygens (including phenoxy) is 1. The van der Waals surface area contributed by atoms with Gasteiger partial charge in [-0.1, -0.05) is 31.9 Å². The van der Waals surface area contributed by atoms with E-state index in [1.807, 2.05) is 6.07 Å². The van der Waals surface area contributed by atoms with Crippen LogP contribution in [0, 0.1) is 5.92 Å². The second kappa shape index (κ2) is 6.29. The average Bonchev–Trinajstić information content (AvgIpc) is 2.30. The molecule has 0 bridgehead atoms. The third-order valence-corrected chi connectivity index (χ3v) is 4.08. The molecule has 1 fully saturated rings. The van der Waals surface area contributed by atoms with E-state index < -0.39 is 0 Å². The number of nitrogens with two attached hydrogens (primary N) is 1. The van der Waals surface area contributed by atoms with Crippen LogP contribution in [0.3, 0.4) is 0 Å². The van der Waals surface area contributed by atoms with Gasteiger partial charge >= 0.3 is 0 Å². The van der Waals surface area contributed by atoms with E-state index in [9.17, 15) is 0 Å². The fraction of sp³-hybridized carbons (Fsp3) is 0.500. The fourth-order valence-electron chi connectivity index (χ4n) is 2.31. The normalized spacial score (nSPS) is 19.2. The first-order valence-corrected chi connectivity index (χ1v) is 7.29. The number of rotatable bonds is 3. The highest BCUT2D eigenvalue weighted by Crippen LogP contribution is 2.32. The Labute approximate surface area is 118 Å². The maximum atomic E-state index is 5.71. The van der Waals surface area contributed by atoms with E-state index in [0.29, 0.717) is 5.92 Å². The van der Waals surface area contributed by atoms with Gasteiger partial charge in [-0.25, -0.2) is 0 Å². The van der Waals surface area contributed by atoms with Crippen molar-refractivity contribution in [2.24, 2.45) is 11.8 Å². The van der Waals surface area contributed by atoms with Crippen LogP contribution in [0.15, 0.2) is 27.1 Å². The van der Waals surface area contributed by atoms with Crippen molar-refractivity contribution in [1.82, 2.24) is 5.43 Å². The van der Waals surface area contributed by atoms with Gasteiger partial charge in [0.05, 0.1) is 0 Å². The van der Waals surface area contributed by atoms with Gasteiger partial charge in [0.1, 0.15) is 0 Å².